The van der Waals surface area contributed by atoms with Crippen LogP contribution in [0.3, 0.4) is 0 Å². The van der Waals surface area contributed by atoms with Gasteiger partial charge in [-0.15, -0.1) is 0 Å². The first-order valence-corrected chi connectivity index (χ1v) is 6.70. The Bertz CT molecular complexity index is 643. The first kappa shape index (κ1) is 14.3. The number of anilines is 2. The van der Waals surface area contributed by atoms with E-state index < -0.39 is 0 Å². The maximum Gasteiger partial charge on any atom is 0.260 e. The van der Waals surface area contributed by atoms with Crippen LogP contribution < -0.4 is 10.6 Å². The van der Waals surface area contributed by atoms with Crippen molar-refractivity contribution in [2.24, 2.45) is 0 Å². The highest BCUT2D eigenvalue weighted by molar-refractivity contribution is 6.30. The molecular weight excluding hydrogens is 274 g/mol. The van der Waals surface area contributed by atoms with Crippen molar-refractivity contribution in [3.8, 4) is 0 Å². The molecule has 0 aliphatic rings. The van der Waals surface area contributed by atoms with Crippen molar-refractivity contribution < 1.29 is 4.79 Å². The highest BCUT2D eigenvalue weighted by atomic mass is 35.5. The summed E-state index contributed by atoms with van der Waals surface area (Å²) in [6.07, 6.45) is 1.40. The minimum absolute atomic E-state index is 0.181. The normalized spacial score (nSPS) is 10.3. The zero-order valence-electron chi connectivity index (χ0n) is 11.4. The number of benzene rings is 1. The van der Waals surface area contributed by atoms with Gasteiger partial charge in [-0.3, -0.25) is 4.79 Å². The maximum atomic E-state index is 12.6. The van der Waals surface area contributed by atoms with Gasteiger partial charge < -0.3 is 10.6 Å². The smallest absolute Gasteiger partial charge is 0.260 e. The van der Waals surface area contributed by atoms with E-state index in [1.807, 2.05) is 38.1 Å². The van der Waals surface area contributed by atoms with E-state index in [-0.39, 0.29) is 11.1 Å². The lowest BCUT2D eigenvalue weighted by Gasteiger charge is -2.22. The molecule has 104 valence electrons. The summed E-state index contributed by atoms with van der Waals surface area (Å²) in [7, 11) is 0. The summed E-state index contributed by atoms with van der Waals surface area (Å²) in [5.74, 6) is -0.181. The molecule has 0 aliphatic heterocycles. The lowest BCUT2D eigenvalue weighted by atomic mass is 10.1. The molecule has 0 unspecified atom stereocenters. The van der Waals surface area contributed by atoms with Gasteiger partial charge in [0.25, 0.3) is 5.91 Å². The summed E-state index contributed by atoms with van der Waals surface area (Å²) in [5, 5.41) is 0.253. The average molecular weight is 290 g/mol. The number of hydrogen-bond acceptors (Lipinski definition) is 3. The van der Waals surface area contributed by atoms with E-state index in [0.29, 0.717) is 17.8 Å². The Labute approximate surface area is 123 Å². The summed E-state index contributed by atoms with van der Waals surface area (Å²) < 4.78 is 0. The molecule has 2 N–H and O–H groups in total. The van der Waals surface area contributed by atoms with Crippen LogP contribution in [0.2, 0.25) is 5.15 Å². The van der Waals surface area contributed by atoms with Crippen molar-refractivity contribution in [3.05, 3.63) is 52.8 Å². The highest BCUT2D eigenvalue weighted by Gasteiger charge is 2.19. The van der Waals surface area contributed by atoms with Gasteiger partial charge in [-0.25, -0.2) is 4.98 Å². The lowest BCUT2D eigenvalue weighted by molar-refractivity contribution is 0.0989. The molecule has 20 heavy (non-hydrogen) atoms. The SMILES string of the molecule is CCN(C(=O)c1cc(Cl)ncc1N)c1cccc(C)c1. The number of aryl methyl sites for hydroxylation is 1. The first-order chi connectivity index (χ1) is 9.52. The molecule has 0 aliphatic carbocycles. The molecule has 1 amide bonds. The molecule has 2 rings (SSSR count). The number of rotatable bonds is 3. The molecular formula is C15H16ClN3O. The number of nitrogens with zero attached hydrogens (tertiary/aromatic N) is 2. The van der Waals surface area contributed by atoms with Crippen molar-refractivity contribution >= 4 is 28.9 Å². The number of amides is 1. The maximum absolute atomic E-state index is 12.6. The van der Waals surface area contributed by atoms with Gasteiger partial charge in [-0.05, 0) is 37.6 Å². The Morgan fingerprint density at radius 2 is 2.15 bits per heavy atom. The summed E-state index contributed by atoms with van der Waals surface area (Å²) >= 11 is 5.84. The zero-order valence-corrected chi connectivity index (χ0v) is 12.2. The van der Waals surface area contributed by atoms with Crippen molar-refractivity contribution in [3.63, 3.8) is 0 Å². The number of aromatic nitrogens is 1. The van der Waals surface area contributed by atoms with Crippen LogP contribution in [0.5, 0.6) is 0 Å². The van der Waals surface area contributed by atoms with Crippen molar-refractivity contribution in [1.82, 2.24) is 4.98 Å². The van der Waals surface area contributed by atoms with E-state index in [9.17, 15) is 4.79 Å². The van der Waals surface area contributed by atoms with Gasteiger partial charge in [-0.2, -0.15) is 0 Å². The Morgan fingerprint density at radius 1 is 1.40 bits per heavy atom. The predicted octanol–water partition coefficient (Wildman–Crippen LogP) is 3.29. The van der Waals surface area contributed by atoms with Gasteiger partial charge >= 0.3 is 0 Å². The highest BCUT2D eigenvalue weighted by Crippen LogP contribution is 2.22. The second kappa shape index (κ2) is 5.92. The fraction of sp³-hybridized carbons (Fsp3) is 0.200. The van der Waals surface area contributed by atoms with Crippen LogP contribution in [0.15, 0.2) is 36.5 Å². The minimum Gasteiger partial charge on any atom is -0.397 e. The van der Waals surface area contributed by atoms with E-state index in [1.54, 1.807) is 4.90 Å². The third-order valence-electron chi connectivity index (χ3n) is 3.01. The van der Waals surface area contributed by atoms with Gasteiger partial charge in [0.15, 0.2) is 0 Å². The van der Waals surface area contributed by atoms with Crippen molar-refractivity contribution in [1.29, 1.82) is 0 Å². The Morgan fingerprint density at radius 3 is 2.80 bits per heavy atom. The number of nitrogen functional groups attached to an aromatic ring is 1. The summed E-state index contributed by atoms with van der Waals surface area (Å²) in [6, 6.07) is 9.26. The van der Waals surface area contributed by atoms with Crippen LogP contribution >= 0.6 is 11.6 Å². The molecule has 5 heteroatoms. The second-order valence-corrected chi connectivity index (χ2v) is 4.87. The Balaban J connectivity index is 2.41. The van der Waals surface area contributed by atoms with Crippen LogP contribution in [0.1, 0.15) is 22.8 Å². The largest absolute Gasteiger partial charge is 0.397 e. The third-order valence-corrected chi connectivity index (χ3v) is 3.21. The topological polar surface area (TPSA) is 59.2 Å². The minimum atomic E-state index is -0.181. The van der Waals surface area contributed by atoms with Gasteiger partial charge in [0.1, 0.15) is 5.15 Å². The number of hydrogen-bond donors (Lipinski definition) is 1. The van der Waals surface area contributed by atoms with E-state index in [1.165, 1.54) is 12.3 Å². The molecule has 1 aromatic heterocycles. The molecule has 0 fully saturated rings. The molecule has 4 nitrogen and oxygen atoms in total. The predicted molar refractivity (Wildman–Crippen MR) is 82.2 cm³/mol. The quantitative estimate of drug-likeness (QED) is 0.882. The molecule has 0 radical (unpaired) electrons. The monoisotopic (exact) mass is 289 g/mol. The Kier molecular flexibility index (Phi) is 4.25. The number of halogens is 1. The van der Waals surface area contributed by atoms with E-state index in [0.717, 1.165) is 11.3 Å². The molecule has 1 heterocycles. The van der Waals surface area contributed by atoms with E-state index in [4.69, 9.17) is 17.3 Å². The first-order valence-electron chi connectivity index (χ1n) is 6.32. The van der Waals surface area contributed by atoms with Gasteiger partial charge in [0.05, 0.1) is 17.4 Å². The van der Waals surface area contributed by atoms with Crippen LogP contribution in [0.4, 0.5) is 11.4 Å². The second-order valence-electron chi connectivity index (χ2n) is 4.48. The standard InChI is InChI=1S/C15H16ClN3O/c1-3-19(11-6-4-5-10(2)7-11)15(20)12-8-14(16)18-9-13(12)17/h4-9H,3,17H2,1-2H3. The fourth-order valence-corrected chi connectivity index (χ4v) is 2.17. The molecule has 0 atom stereocenters. The molecule has 0 saturated carbocycles. The van der Waals surface area contributed by atoms with E-state index >= 15 is 0 Å². The van der Waals surface area contributed by atoms with Crippen LogP contribution in [0, 0.1) is 6.92 Å². The van der Waals surface area contributed by atoms with Gasteiger partial charge in [-0.1, -0.05) is 23.7 Å². The van der Waals surface area contributed by atoms with Gasteiger partial charge in [0, 0.05) is 12.2 Å². The summed E-state index contributed by atoms with van der Waals surface area (Å²) in [5.41, 5.74) is 8.45. The van der Waals surface area contributed by atoms with E-state index in [2.05, 4.69) is 4.98 Å². The number of pyridine rings is 1. The summed E-state index contributed by atoms with van der Waals surface area (Å²) in [4.78, 5) is 18.1. The van der Waals surface area contributed by atoms with Crippen LogP contribution in [0.25, 0.3) is 0 Å². The molecule has 0 saturated heterocycles. The summed E-state index contributed by atoms with van der Waals surface area (Å²) in [6.45, 7) is 4.44. The molecule has 2 aromatic rings. The fourth-order valence-electron chi connectivity index (χ4n) is 2.01. The number of nitrogens with two attached hydrogens (primary N) is 1. The van der Waals surface area contributed by atoms with Gasteiger partial charge in [0.2, 0.25) is 0 Å². The number of carbonyl (C=O) groups excluding carboxylic acids is 1. The zero-order chi connectivity index (χ0) is 14.7. The molecule has 1 aromatic carbocycles. The Hall–Kier alpha value is -2.07. The van der Waals surface area contributed by atoms with Crippen LogP contribution in [-0.4, -0.2) is 17.4 Å². The average Bonchev–Trinajstić information content (AvgIpc) is 2.42. The van der Waals surface area contributed by atoms with Crippen molar-refractivity contribution in [2.75, 3.05) is 17.2 Å². The molecule has 0 bridgehead atoms. The molecule has 0 spiro atoms. The third kappa shape index (κ3) is 2.91. The van der Waals surface area contributed by atoms with Crippen LogP contribution in [-0.2, 0) is 0 Å². The number of carbonyl (C=O) groups is 1. The van der Waals surface area contributed by atoms with Crippen molar-refractivity contribution in [2.45, 2.75) is 13.8 Å². The lowest BCUT2D eigenvalue weighted by Crippen LogP contribution is -2.31.